The Kier molecular flexibility index (Phi) is 5.74. The molecule has 0 radical (unpaired) electrons. The standard InChI is InChI=1S/C25H30N6O2/c1-3-4-14-33-19-10-8-17(9-11-19)25(2)15-20(21-12-13-31(30-21)18-6-5-7-18)22(24(32)28-25)23-26-16-27-29-23/h8-13,16,18H,3-7,14-15H2,1-2H3,(H,28,32)(H,26,27,29). The molecule has 0 saturated heterocycles. The SMILES string of the molecule is CCCCOc1ccc(C2(C)CC(c3ccn(C4CCC4)n3)=C(c3ncn[nH]3)C(=O)N2)cc1. The van der Waals surface area contributed by atoms with Crippen molar-refractivity contribution in [2.75, 3.05) is 6.61 Å². The molecule has 2 aromatic heterocycles. The maximum atomic E-state index is 13.4. The fraction of sp³-hybridized carbons (Fsp3) is 0.440. The molecule has 1 saturated carbocycles. The molecule has 2 aliphatic rings. The second-order valence-electron chi connectivity index (χ2n) is 9.14. The molecule has 33 heavy (non-hydrogen) atoms. The maximum Gasteiger partial charge on any atom is 0.256 e. The van der Waals surface area contributed by atoms with E-state index in [-0.39, 0.29) is 5.91 Å². The van der Waals surface area contributed by atoms with Crippen molar-refractivity contribution < 1.29 is 9.53 Å². The summed E-state index contributed by atoms with van der Waals surface area (Å²) in [6.07, 6.45) is 9.71. The Hall–Kier alpha value is -3.42. The van der Waals surface area contributed by atoms with Gasteiger partial charge in [-0.2, -0.15) is 10.2 Å². The molecule has 2 N–H and O–H groups in total. The van der Waals surface area contributed by atoms with Crippen molar-refractivity contribution in [3.63, 3.8) is 0 Å². The van der Waals surface area contributed by atoms with E-state index in [1.165, 1.54) is 12.7 Å². The first-order valence-electron chi connectivity index (χ1n) is 11.8. The van der Waals surface area contributed by atoms with Crippen molar-refractivity contribution in [3.8, 4) is 5.75 Å². The topological polar surface area (TPSA) is 97.7 Å². The number of aromatic nitrogens is 5. The highest BCUT2D eigenvalue weighted by Crippen LogP contribution is 2.41. The summed E-state index contributed by atoms with van der Waals surface area (Å²) in [5.74, 6) is 1.12. The van der Waals surface area contributed by atoms with Crippen molar-refractivity contribution in [1.29, 1.82) is 0 Å². The lowest BCUT2D eigenvalue weighted by atomic mass is 9.79. The van der Waals surface area contributed by atoms with Crippen molar-refractivity contribution in [1.82, 2.24) is 30.3 Å². The van der Waals surface area contributed by atoms with Gasteiger partial charge in [-0.1, -0.05) is 25.5 Å². The number of nitrogens with one attached hydrogen (secondary N) is 2. The zero-order chi connectivity index (χ0) is 22.8. The second kappa shape index (κ2) is 8.84. The number of nitrogens with zero attached hydrogens (tertiary/aromatic N) is 4. The second-order valence-corrected chi connectivity index (χ2v) is 9.14. The monoisotopic (exact) mass is 446 g/mol. The number of hydrogen-bond acceptors (Lipinski definition) is 5. The number of benzene rings is 1. The number of unbranched alkanes of at least 4 members (excludes halogenated alkanes) is 1. The predicted octanol–water partition coefficient (Wildman–Crippen LogP) is 4.25. The molecule has 172 valence electrons. The van der Waals surface area contributed by atoms with Crippen LogP contribution in [0.4, 0.5) is 0 Å². The Balaban J connectivity index is 1.48. The summed E-state index contributed by atoms with van der Waals surface area (Å²) in [5.41, 5.74) is 2.63. The predicted molar refractivity (Wildman–Crippen MR) is 125 cm³/mol. The molecule has 3 heterocycles. The number of rotatable bonds is 8. The molecule has 8 nitrogen and oxygen atoms in total. The van der Waals surface area contributed by atoms with Gasteiger partial charge in [0.05, 0.1) is 29.5 Å². The summed E-state index contributed by atoms with van der Waals surface area (Å²) >= 11 is 0. The number of carbonyl (C=O) groups is 1. The van der Waals surface area contributed by atoms with E-state index in [9.17, 15) is 4.79 Å². The van der Waals surface area contributed by atoms with Crippen LogP contribution in [0.15, 0.2) is 42.9 Å². The minimum absolute atomic E-state index is 0.183. The summed E-state index contributed by atoms with van der Waals surface area (Å²) in [6.45, 7) is 4.91. The zero-order valence-electron chi connectivity index (χ0n) is 19.2. The Morgan fingerprint density at radius 2 is 2.03 bits per heavy atom. The summed E-state index contributed by atoms with van der Waals surface area (Å²) in [7, 11) is 0. The van der Waals surface area contributed by atoms with E-state index in [1.807, 2.05) is 41.2 Å². The van der Waals surface area contributed by atoms with Crippen LogP contribution in [0.3, 0.4) is 0 Å². The van der Waals surface area contributed by atoms with E-state index in [2.05, 4.69) is 34.3 Å². The summed E-state index contributed by atoms with van der Waals surface area (Å²) < 4.78 is 7.85. The van der Waals surface area contributed by atoms with Crippen molar-refractivity contribution in [2.45, 2.75) is 64.0 Å². The molecule has 8 heteroatoms. The van der Waals surface area contributed by atoms with Gasteiger partial charge in [0.2, 0.25) is 0 Å². The molecule has 1 unspecified atom stereocenters. The van der Waals surface area contributed by atoms with E-state index in [0.29, 0.717) is 30.5 Å². The van der Waals surface area contributed by atoms with Gasteiger partial charge in [-0.25, -0.2) is 4.98 Å². The maximum absolute atomic E-state index is 13.4. The number of aromatic amines is 1. The normalized spacial score (nSPS) is 21.1. The van der Waals surface area contributed by atoms with Crippen LogP contribution in [0.1, 0.15) is 75.5 Å². The average Bonchev–Trinajstić information content (AvgIpc) is 3.45. The van der Waals surface area contributed by atoms with Gasteiger partial charge in [0.1, 0.15) is 12.1 Å². The molecular formula is C25H30N6O2. The van der Waals surface area contributed by atoms with E-state index in [1.54, 1.807) is 0 Å². The van der Waals surface area contributed by atoms with Crippen LogP contribution in [0.5, 0.6) is 5.75 Å². The molecule has 3 aromatic rings. The highest BCUT2D eigenvalue weighted by atomic mass is 16.5. The van der Waals surface area contributed by atoms with Gasteiger partial charge in [0.25, 0.3) is 5.91 Å². The average molecular weight is 447 g/mol. The van der Waals surface area contributed by atoms with Gasteiger partial charge in [0, 0.05) is 12.6 Å². The molecule has 0 bridgehead atoms. The highest BCUT2D eigenvalue weighted by molar-refractivity contribution is 6.27. The third-order valence-corrected chi connectivity index (χ3v) is 6.72. The number of ether oxygens (including phenoxy) is 1. The molecule has 5 rings (SSSR count). The lowest BCUT2D eigenvalue weighted by Crippen LogP contribution is -2.47. The van der Waals surface area contributed by atoms with E-state index < -0.39 is 5.54 Å². The van der Waals surface area contributed by atoms with Crippen LogP contribution in [0, 0.1) is 0 Å². The third kappa shape index (κ3) is 4.17. The van der Waals surface area contributed by atoms with Gasteiger partial charge in [0.15, 0.2) is 5.82 Å². The lowest BCUT2D eigenvalue weighted by molar-refractivity contribution is -0.117. The van der Waals surface area contributed by atoms with Crippen LogP contribution < -0.4 is 10.1 Å². The first-order valence-corrected chi connectivity index (χ1v) is 11.8. The number of hydrogen-bond donors (Lipinski definition) is 2. The molecule has 1 atom stereocenters. The Bertz CT molecular complexity index is 1140. The Morgan fingerprint density at radius 1 is 1.21 bits per heavy atom. The number of H-pyrrole nitrogens is 1. The van der Waals surface area contributed by atoms with Crippen LogP contribution in [0.2, 0.25) is 0 Å². The Morgan fingerprint density at radius 3 is 2.70 bits per heavy atom. The number of amides is 1. The molecule has 1 aliphatic heterocycles. The largest absolute Gasteiger partial charge is 0.494 e. The van der Waals surface area contributed by atoms with Gasteiger partial charge < -0.3 is 10.1 Å². The smallest absolute Gasteiger partial charge is 0.256 e. The van der Waals surface area contributed by atoms with Gasteiger partial charge in [-0.15, -0.1) is 0 Å². The molecular weight excluding hydrogens is 416 g/mol. The lowest BCUT2D eigenvalue weighted by Gasteiger charge is -2.37. The van der Waals surface area contributed by atoms with Crippen LogP contribution in [0.25, 0.3) is 11.1 Å². The summed E-state index contributed by atoms with van der Waals surface area (Å²) in [4.78, 5) is 17.7. The van der Waals surface area contributed by atoms with Crippen LogP contribution in [-0.4, -0.2) is 37.5 Å². The minimum Gasteiger partial charge on any atom is -0.494 e. The first-order chi connectivity index (χ1) is 16.1. The molecule has 0 spiro atoms. The highest BCUT2D eigenvalue weighted by Gasteiger charge is 2.39. The van der Waals surface area contributed by atoms with E-state index in [4.69, 9.17) is 9.84 Å². The summed E-state index contributed by atoms with van der Waals surface area (Å²) in [6, 6.07) is 10.5. The van der Waals surface area contributed by atoms with Gasteiger partial charge in [-0.3, -0.25) is 14.6 Å². The summed E-state index contributed by atoms with van der Waals surface area (Å²) in [5, 5.41) is 14.9. The van der Waals surface area contributed by atoms with Crippen molar-refractivity contribution >= 4 is 17.1 Å². The van der Waals surface area contributed by atoms with E-state index >= 15 is 0 Å². The molecule has 1 fully saturated rings. The van der Waals surface area contributed by atoms with Crippen LogP contribution >= 0.6 is 0 Å². The quantitative estimate of drug-likeness (QED) is 0.504. The van der Waals surface area contributed by atoms with E-state index in [0.717, 1.165) is 48.3 Å². The zero-order valence-corrected chi connectivity index (χ0v) is 19.2. The fourth-order valence-corrected chi connectivity index (χ4v) is 4.51. The number of carbonyl (C=O) groups excluding carboxylic acids is 1. The van der Waals surface area contributed by atoms with Crippen molar-refractivity contribution in [3.05, 3.63) is 59.9 Å². The van der Waals surface area contributed by atoms with Crippen LogP contribution in [-0.2, 0) is 10.3 Å². The first kappa shape index (κ1) is 21.4. The third-order valence-electron chi connectivity index (χ3n) is 6.72. The van der Waals surface area contributed by atoms with Gasteiger partial charge in [-0.05, 0) is 61.9 Å². The fourth-order valence-electron chi connectivity index (χ4n) is 4.51. The van der Waals surface area contributed by atoms with Gasteiger partial charge >= 0.3 is 0 Å². The minimum atomic E-state index is -0.585. The molecule has 1 aromatic carbocycles. The van der Waals surface area contributed by atoms with Crippen molar-refractivity contribution in [2.24, 2.45) is 0 Å². The Labute approximate surface area is 193 Å². The molecule has 1 amide bonds. The molecule has 1 aliphatic carbocycles.